The van der Waals surface area contributed by atoms with Gasteiger partial charge >= 0.3 is 0 Å². The molecule has 4 rings (SSSR count). The molecule has 0 aliphatic carbocycles. The van der Waals surface area contributed by atoms with Crippen molar-refractivity contribution >= 4 is 15.9 Å². The van der Waals surface area contributed by atoms with Crippen LogP contribution in [0.25, 0.3) is 11.1 Å². The van der Waals surface area contributed by atoms with E-state index in [0.29, 0.717) is 35.9 Å². The first-order valence-corrected chi connectivity index (χ1v) is 11.9. The summed E-state index contributed by atoms with van der Waals surface area (Å²) in [5.74, 6) is 1.31. The fraction of sp³-hybridized carbons (Fsp3) is 0.292. The first kappa shape index (κ1) is 21.3. The predicted octanol–water partition coefficient (Wildman–Crippen LogP) is 4.36. The zero-order valence-corrected chi connectivity index (χ0v) is 18.3. The lowest BCUT2D eigenvalue weighted by molar-refractivity contribution is 0.0948. The fourth-order valence-corrected chi connectivity index (χ4v) is 5.28. The molecule has 1 aromatic heterocycles. The Labute approximate surface area is 182 Å². The quantitative estimate of drug-likeness (QED) is 0.620. The number of amides is 1. The summed E-state index contributed by atoms with van der Waals surface area (Å²) in [6.07, 6.45) is 2.90. The first-order chi connectivity index (χ1) is 14.9. The third-order valence-corrected chi connectivity index (χ3v) is 7.40. The molecule has 1 N–H and O–H groups in total. The van der Waals surface area contributed by atoms with E-state index in [4.69, 9.17) is 4.42 Å². The lowest BCUT2D eigenvalue weighted by Crippen LogP contribution is -2.35. The Morgan fingerprint density at radius 1 is 0.968 bits per heavy atom. The Morgan fingerprint density at radius 3 is 2.39 bits per heavy atom. The number of rotatable bonds is 6. The van der Waals surface area contributed by atoms with Crippen LogP contribution in [0.15, 0.2) is 70.0 Å². The molecule has 1 aliphatic rings. The van der Waals surface area contributed by atoms with Gasteiger partial charge < -0.3 is 9.73 Å². The van der Waals surface area contributed by atoms with Gasteiger partial charge in [0.25, 0.3) is 5.91 Å². The SMILES string of the molecule is Cc1ccc(CNC(=O)c2cccc(-c3ccc(S(=O)(=O)N4CCCCC4)cc3)c2)o1. The number of carbonyl (C=O) groups excluding carboxylic acids is 1. The summed E-state index contributed by atoms with van der Waals surface area (Å²) in [6.45, 7) is 3.34. The Bertz CT molecular complexity index is 1160. The van der Waals surface area contributed by atoms with Crippen molar-refractivity contribution in [1.82, 2.24) is 9.62 Å². The molecule has 0 atom stereocenters. The molecule has 0 saturated carbocycles. The van der Waals surface area contributed by atoms with Gasteiger partial charge in [0.05, 0.1) is 11.4 Å². The van der Waals surface area contributed by atoms with Gasteiger partial charge in [0.15, 0.2) is 0 Å². The van der Waals surface area contributed by atoms with Crippen LogP contribution in [0, 0.1) is 6.92 Å². The molecular formula is C24H26N2O4S. The molecule has 162 valence electrons. The molecule has 0 bridgehead atoms. The van der Waals surface area contributed by atoms with E-state index in [-0.39, 0.29) is 5.91 Å². The zero-order valence-electron chi connectivity index (χ0n) is 17.5. The average molecular weight is 439 g/mol. The third kappa shape index (κ3) is 4.89. The van der Waals surface area contributed by atoms with E-state index < -0.39 is 10.0 Å². The summed E-state index contributed by atoms with van der Waals surface area (Å²) in [6, 6.07) is 17.8. The van der Waals surface area contributed by atoms with Crippen LogP contribution in [0.2, 0.25) is 0 Å². The van der Waals surface area contributed by atoms with Crippen molar-refractivity contribution in [3.05, 3.63) is 77.7 Å². The first-order valence-electron chi connectivity index (χ1n) is 10.5. The third-order valence-electron chi connectivity index (χ3n) is 5.48. The number of piperidine rings is 1. The Morgan fingerprint density at radius 2 is 1.71 bits per heavy atom. The van der Waals surface area contributed by atoms with E-state index >= 15 is 0 Å². The second kappa shape index (κ2) is 9.08. The molecule has 0 spiro atoms. The molecule has 1 aliphatic heterocycles. The highest BCUT2D eigenvalue weighted by Gasteiger charge is 2.25. The van der Waals surface area contributed by atoms with Crippen LogP contribution < -0.4 is 5.32 Å². The summed E-state index contributed by atoms with van der Waals surface area (Å²) in [7, 11) is -3.45. The molecule has 1 fully saturated rings. The molecule has 2 aromatic carbocycles. The summed E-state index contributed by atoms with van der Waals surface area (Å²) < 4.78 is 32.7. The van der Waals surface area contributed by atoms with Gasteiger partial charge in [0.2, 0.25) is 10.0 Å². The van der Waals surface area contributed by atoms with Crippen LogP contribution in [-0.2, 0) is 16.6 Å². The van der Waals surface area contributed by atoms with Gasteiger partial charge in [-0.05, 0) is 67.3 Å². The highest BCUT2D eigenvalue weighted by atomic mass is 32.2. The molecule has 0 unspecified atom stereocenters. The van der Waals surface area contributed by atoms with Crippen molar-refractivity contribution in [2.45, 2.75) is 37.6 Å². The number of furan rings is 1. The van der Waals surface area contributed by atoms with Gasteiger partial charge in [-0.2, -0.15) is 4.31 Å². The van der Waals surface area contributed by atoms with Crippen LogP contribution in [0.4, 0.5) is 0 Å². The van der Waals surface area contributed by atoms with E-state index in [1.54, 1.807) is 40.7 Å². The zero-order chi connectivity index (χ0) is 21.8. The molecule has 0 radical (unpaired) electrons. The number of nitrogens with zero attached hydrogens (tertiary/aromatic N) is 1. The highest BCUT2D eigenvalue weighted by molar-refractivity contribution is 7.89. The molecular weight excluding hydrogens is 412 g/mol. The number of nitrogens with one attached hydrogen (secondary N) is 1. The van der Waals surface area contributed by atoms with E-state index in [0.717, 1.165) is 36.1 Å². The lowest BCUT2D eigenvalue weighted by Gasteiger charge is -2.25. The number of aryl methyl sites for hydroxylation is 1. The molecule has 6 nitrogen and oxygen atoms in total. The van der Waals surface area contributed by atoms with E-state index in [1.165, 1.54) is 0 Å². The number of sulfonamides is 1. The molecule has 31 heavy (non-hydrogen) atoms. The van der Waals surface area contributed by atoms with Crippen molar-refractivity contribution < 1.29 is 17.6 Å². The fourth-order valence-electron chi connectivity index (χ4n) is 3.76. The van der Waals surface area contributed by atoms with Gasteiger partial charge in [-0.1, -0.05) is 30.7 Å². The summed E-state index contributed by atoms with van der Waals surface area (Å²) >= 11 is 0. The lowest BCUT2D eigenvalue weighted by atomic mass is 10.0. The molecule has 1 saturated heterocycles. The summed E-state index contributed by atoms with van der Waals surface area (Å²) in [5.41, 5.74) is 2.24. The molecule has 1 amide bonds. The van der Waals surface area contributed by atoms with Gasteiger partial charge in [-0.3, -0.25) is 4.79 Å². The maximum absolute atomic E-state index is 12.8. The Hall–Kier alpha value is -2.90. The van der Waals surface area contributed by atoms with E-state index in [1.807, 2.05) is 31.2 Å². The minimum absolute atomic E-state index is 0.194. The van der Waals surface area contributed by atoms with Crippen molar-refractivity contribution in [2.24, 2.45) is 0 Å². The van der Waals surface area contributed by atoms with Gasteiger partial charge in [-0.25, -0.2) is 8.42 Å². The predicted molar refractivity (Wildman–Crippen MR) is 119 cm³/mol. The van der Waals surface area contributed by atoms with Crippen LogP contribution in [-0.4, -0.2) is 31.7 Å². The average Bonchev–Trinajstić information content (AvgIpc) is 3.23. The van der Waals surface area contributed by atoms with Gasteiger partial charge in [0, 0.05) is 18.7 Å². The number of hydrogen-bond acceptors (Lipinski definition) is 4. The smallest absolute Gasteiger partial charge is 0.251 e. The number of carbonyl (C=O) groups is 1. The maximum Gasteiger partial charge on any atom is 0.251 e. The summed E-state index contributed by atoms with van der Waals surface area (Å²) in [5, 5.41) is 2.86. The molecule has 7 heteroatoms. The van der Waals surface area contributed by atoms with Crippen LogP contribution >= 0.6 is 0 Å². The minimum Gasteiger partial charge on any atom is -0.465 e. The van der Waals surface area contributed by atoms with Crippen molar-refractivity contribution in [3.8, 4) is 11.1 Å². The van der Waals surface area contributed by atoms with Crippen molar-refractivity contribution in [3.63, 3.8) is 0 Å². The van der Waals surface area contributed by atoms with Gasteiger partial charge in [-0.15, -0.1) is 0 Å². The largest absolute Gasteiger partial charge is 0.465 e. The summed E-state index contributed by atoms with van der Waals surface area (Å²) in [4.78, 5) is 12.8. The topological polar surface area (TPSA) is 79.6 Å². The number of hydrogen-bond donors (Lipinski definition) is 1. The number of benzene rings is 2. The second-order valence-electron chi connectivity index (χ2n) is 7.76. The van der Waals surface area contributed by atoms with Crippen LogP contribution in [0.3, 0.4) is 0 Å². The maximum atomic E-state index is 12.8. The molecule has 2 heterocycles. The van der Waals surface area contributed by atoms with E-state index in [9.17, 15) is 13.2 Å². The van der Waals surface area contributed by atoms with Gasteiger partial charge in [0.1, 0.15) is 11.5 Å². The standard InChI is InChI=1S/C24H26N2O4S/c1-18-8-11-22(30-18)17-25-24(27)21-7-5-6-20(16-21)19-9-12-23(13-10-19)31(28,29)26-14-3-2-4-15-26/h5-13,16H,2-4,14-15,17H2,1H3,(H,25,27). The normalized spacial score (nSPS) is 15.0. The van der Waals surface area contributed by atoms with E-state index in [2.05, 4.69) is 5.32 Å². The highest BCUT2D eigenvalue weighted by Crippen LogP contribution is 2.25. The van der Waals surface area contributed by atoms with Crippen LogP contribution in [0.1, 0.15) is 41.1 Å². The van der Waals surface area contributed by atoms with Crippen molar-refractivity contribution in [1.29, 1.82) is 0 Å². The minimum atomic E-state index is -3.45. The Kier molecular flexibility index (Phi) is 6.25. The van der Waals surface area contributed by atoms with Crippen LogP contribution in [0.5, 0.6) is 0 Å². The Balaban J connectivity index is 1.47. The van der Waals surface area contributed by atoms with Crippen molar-refractivity contribution in [2.75, 3.05) is 13.1 Å². The monoisotopic (exact) mass is 438 g/mol. The molecule has 3 aromatic rings. The second-order valence-corrected chi connectivity index (χ2v) is 9.70.